The van der Waals surface area contributed by atoms with Crippen molar-refractivity contribution in [2.75, 3.05) is 13.1 Å². The molecule has 3 heterocycles. The predicted octanol–water partition coefficient (Wildman–Crippen LogP) is 4.86. The van der Waals surface area contributed by atoms with Gasteiger partial charge in [0.15, 0.2) is 0 Å². The molecule has 0 bridgehead atoms. The number of nitrogens with zero attached hydrogens (tertiary/aromatic N) is 3. The molecule has 5 rings (SSSR count). The largest absolute Gasteiger partial charge is 0.336 e. The first-order valence-electron chi connectivity index (χ1n) is 10.5. The van der Waals surface area contributed by atoms with Crippen molar-refractivity contribution in [3.8, 4) is 5.69 Å². The Balaban J connectivity index is 1.31. The molecule has 0 atom stereocenters. The fraction of sp³-hybridized carbons (Fsp3) is 0.160. The number of benzene rings is 2. The minimum atomic E-state index is -0.431. The first kappa shape index (κ1) is 21.7. The Labute approximate surface area is 204 Å². The lowest BCUT2D eigenvalue weighted by molar-refractivity contribution is -0.136. The van der Waals surface area contributed by atoms with Crippen LogP contribution in [0.15, 0.2) is 76.2 Å². The summed E-state index contributed by atoms with van der Waals surface area (Å²) in [5, 5.41) is -0.418. The lowest BCUT2D eigenvalue weighted by atomic mass is 10.00. The first-order valence-corrected chi connectivity index (χ1v) is 12.1. The molecule has 2 aliphatic heterocycles. The van der Waals surface area contributed by atoms with Crippen LogP contribution in [0.5, 0.6) is 0 Å². The van der Waals surface area contributed by atoms with Crippen molar-refractivity contribution in [3.05, 3.63) is 93.1 Å². The zero-order chi connectivity index (χ0) is 22.9. The molecule has 0 radical (unpaired) electrons. The second-order valence-corrected chi connectivity index (χ2v) is 9.79. The first-order chi connectivity index (χ1) is 16.0. The van der Waals surface area contributed by atoms with E-state index in [1.165, 1.54) is 5.56 Å². The number of fused-ring (bicyclic) bond motifs is 1. The molecule has 8 heteroatoms. The van der Waals surface area contributed by atoms with E-state index in [2.05, 4.69) is 22.0 Å². The zero-order valence-electron chi connectivity index (χ0n) is 17.6. The highest BCUT2D eigenvalue weighted by Gasteiger charge is 2.37. The summed E-state index contributed by atoms with van der Waals surface area (Å²) in [7, 11) is 0. The number of carbonyl (C=O) groups excluding carboxylic acids is 3. The van der Waals surface area contributed by atoms with Crippen LogP contribution >= 0.6 is 27.7 Å². The Morgan fingerprint density at radius 2 is 1.76 bits per heavy atom. The van der Waals surface area contributed by atoms with E-state index in [-0.39, 0.29) is 12.5 Å². The fourth-order valence-electron chi connectivity index (χ4n) is 4.06. The molecule has 33 heavy (non-hydrogen) atoms. The SMILES string of the molecule is O=C(CN1C(=O)S/C(=C\c2cccn2-c2ccc(Br)cc2)C1=O)N1CCc2ccccc2C1. The summed E-state index contributed by atoms with van der Waals surface area (Å²) in [6.45, 7) is 0.849. The summed E-state index contributed by atoms with van der Waals surface area (Å²) < 4.78 is 2.92. The molecule has 2 aromatic carbocycles. The topological polar surface area (TPSA) is 62.6 Å². The summed E-state index contributed by atoms with van der Waals surface area (Å²) in [6.07, 6.45) is 4.38. The molecule has 3 aromatic rings. The zero-order valence-corrected chi connectivity index (χ0v) is 20.0. The third-order valence-corrected chi connectivity index (χ3v) is 7.25. The van der Waals surface area contributed by atoms with Crippen LogP contribution in [-0.4, -0.2) is 44.5 Å². The Kier molecular flexibility index (Phi) is 5.95. The summed E-state index contributed by atoms with van der Waals surface area (Å²) in [5.41, 5.74) is 4.07. The molecule has 6 nitrogen and oxygen atoms in total. The maximum absolute atomic E-state index is 13.0. The van der Waals surface area contributed by atoms with Crippen LogP contribution in [0.2, 0.25) is 0 Å². The normalized spacial score (nSPS) is 17.1. The number of aromatic nitrogens is 1. The third-order valence-electron chi connectivity index (χ3n) is 5.81. The van der Waals surface area contributed by atoms with Crippen LogP contribution in [0.25, 0.3) is 11.8 Å². The van der Waals surface area contributed by atoms with E-state index in [0.29, 0.717) is 18.0 Å². The molecule has 0 unspecified atom stereocenters. The quantitative estimate of drug-likeness (QED) is 0.460. The summed E-state index contributed by atoms with van der Waals surface area (Å²) in [5.74, 6) is -0.648. The molecular weight excluding hydrogens is 502 g/mol. The number of imide groups is 1. The van der Waals surface area contributed by atoms with Crippen LogP contribution in [0.4, 0.5) is 4.79 Å². The van der Waals surface area contributed by atoms with E-state index >= 15 is 0 Å². The number of carbonyl (C=O) groups is 3. The molecule has 2 aliphatic rings. The Morgan fingerprint density at radius 1 is 1.00 bits per heavy atom. The Hall–Kier alpha value is -3.10. The third kappa shape index (κ3) is 4.41. The van der Waals surface area contributed by atoms with Gasteiger partial charge in [-0.05, 0) is 71.8 Å². The van der Waals surface area contributed by atoms with Gasteiger partial charge in [0.25, 0.3) is 11.1 Å². The molecule has 0 N–H and O–H groups in total. The maximum Gasteiger partial charge on any atom is 0.294 e. The van der Waals surface area contributed by atoms with Gasteiger partial charge in [0, 0.05) is 35.1 Å². The highest BCUT2D eigenvalue weighted by atomic mass is 79.9. The predicted molar refractivity (Wildman–Crippen MR) is 132 cm³/mol. The van der Waals surface area contributed by atoms with Crippen molar-refractivity contribution < 1.29 is 14.4 Å². The van der Waals surface area contributed by atoms with E-state index in [1.54, 1.807) is 11.0 Å². The van der Waals surface area contributed by atoms with E-state index < -0.39 is 11.1 Å². The van der Waals surface area contributed by atoms with Crippen molar-refractivity contribution in [3.63, 3.8) is 0 Å². The number of amides is 3. The van der Waals surface area contributed by atoms with E-state index in [0.717, 1.165) is 44.5 Å². The van der Waals surface area contributed by atoms with Crippen LogP contribution in [0, 0.1) is 0 Å². The fourth-order valence-corrected chi connectivity index (χ4v) is 5.15. The lowest BCUT2D eigenvalue weighted by Crippen LogP contribution is -2.44. The maximum atomic E-state index is 13.0. The van der Waals surface area contributed by atoms with Gasteiger partial charge in [0.2, 0.25) is 5.91 Å². The van der Waals surface area contributed by atoms with Crippen molar-refractivity contribution in [2.45, 2.75) is 13.0 Å². The summed E-state index contributed by atoms with van der Waals surface area (Å²) in [4.78, 5) is 41.5. The second-order valence-electron chi connectivity index (χ2n) is 7.88. The number of rotatable bonds is 4. The number of hydrogen-bond acceptors (Lipinski definition) is 4. The van der Waals surface area contributed by atoms with Gasteiger partial charge in [-0.3, -0.25) is 19.3 Å². The van der Waals surface area contributed by atoms with Crippen molar-refractivity contribution >= 4 is 50.8 Å². The monoisotopic (exact) mass is 521 g/mol. The smallest absolute Gasteiger partial charge is 0.294 e. The number of hydrogen-bond donors (Lipinski definition) is 0. The number of thioether (sulfide) groups is 1. The molecule has 3 amide bonds. The highest BCUT2D eigenvalue weighted by Crippen LogP contribution is 2.33. The summed E-state index contributed by atoms with van der Waals surface area (Å²) >= 11 is 4.30. The van der Waals surface area contributed by atoms with Gasteiger partial charge in [0.05, 0.1) is 4.91 Å². The highest BCUT2D eigenvalue weighted by molar-refractivity contribution is 9.10. The van der Waals surface area contributed by atoms with Gasteiger partial charge in [-0.25, -0.2) is 0 Å². The van der Waals surface area contributed by atoms with Crippen LogP contribution in [-0.2, 0) is 22.6 Å². The Morgan fingerprint density at radius 3 is 2.55 bits per heavy atom. The van der Waals surface area contributed by atoms with E-state index in [4.69, 9.17) is 0 Å². The molecule has 0 spiro atoms. The molecule has 166 valence electrons. The van der Waals surface area contributed by atoms with Crippen LogP contribution in [0.1, 0.15) is 16.8 Å². The van der Waals surface area contributed by atoms with Crippen molar-refractivity contribution in [2.24, 2.45) is 0 Å². The average molecular weight is 522 g/mol. The molecule has 0 aliphatic carbocycles. The second kappa shape index (κ2) is 9.03. The number of halogens is 1. The average Bonchev–Trinajstić information content (AvgIpc) is 3.39. The van der Waals surface area contributed by atoms with E-state index in [9.17, 15) is 14.4 Å². The van der Waals surface area contributed by atoms with Crippen LogP contribution in [0.3, 0.4) is 0 Å². The standard InChI is InChI=1S/C25H20BrN3O3S/c26-19-7-9-20(10-8-19)28-12-3-6-21(28)14-22-24(31)29(25(32)33-22)16-23(30)27-13-11-17-4-1-2-5-18(17)15-27/h1-10,12,14H,11,13,15-16H2/b22-14-. The molecule has 1 aromatic heterocycles. The van der Waals surface area contributed by atoms with Gasteiger partial charge in [-0.2, -0.15) is 0 Å². The van der Waals surface area contributed by atoms with Gasteiger partial charge in [-0.15, -0.1) is 0 Å². The van der Waals surface area contributed by atoms with E-state index in [1.807, 2.05) is 65.4 Å². The Bertz CT molecular complexity index is 1280. The minimum Gasteiger partial charge on any atom is -0.336 e. The van der Waals surface area contributed by atoms with Gasteiger partial charge in [0.1, 0.15) is 6.54 Å². The van der Waals surface area contributed by atoms with Crippen molar-refractivity contribution in [1.82, 2.24) is 14.4 Å². The molecule has 1 saturated heterocycles. The lowest BCUT2D eigenvalue weighted by Gasteiger charge is -2.29. The molecular formula is C25H20BrN3O3S. The summed E-state index contributed by atoms with van der Waals surface area (Å²) in [6, 6.07) is 19.6. The van der Waals surface area contributed by atoms with Gasteiger partial charge in [-0.1, -0.05) is 40.2 Å². The molecule has 1 fully saturated rings. The molecule has 0 saturated carbocycles. The van der Waals surface area contributed by atoms with Crippen LogP contribution < -0.4 is 0 Å². The van der Waals surface area contributed by atoms with Crippen molar-refractivity contribution in [1.29, 1.82) is 0 Å². The van der Waals surface area contributed by atoms with Gasteiger partial charge >= 0.3 is 0 Å². The minimum absolute atomic E-state index is 0.216. The van der Waals surface area contributed by atoms with Gasteiger partial charge < -0.3 is 9.47 Å².